The number of likely N-dealkylation sites (tertiary alicyclic amines) is 1. The summed E-state index contributed by atoms with van der Waals surface area (Å²) < 4.78 is 20.0. The number of carbonyl (C=O) groups is 2. The molecule has 0 aromatic heterocycles. The molecule has 0 N–H and O–H groups in total. The first-order valence-corrected chi connectivity index (χ1v) is 7.55. The number of ketones is 1. The lowest BCUT2D eigenvalue weighted by Gasteiger charge is -2.54. The van der Waals surface area contributed by atoms with Crippen molar-refractivity contribution in [3.63, 3.8) is 0 Å². The van der Waals surface area contributed by atoms with Crippen molar-refractivity contribution in [1.82, 2.24) is 4.90 Å². The van der Waals surface area contributed by atoms with Gasteiger partial charge in [0.15, 0.2) is 12.0 Å². The number of carbonyl (C=O) groups excluding carboxylic acids is 2. The number of ether oxygens (including phenoxy) is 1. The summed E-state index contributed by atoms with van der Waals surface area (Å²) in [5.41, 5.74) is -2.57. The van der Waals surface area contributed by atoms with Crippen LogP contribution < -0.4 is 0 Å². The van der Waals surface area contributed by atoms with Crippen molar-refractivity contribution in [2.75, 3.05) is 0 Å². The van der Waals surface area contributed by atoms with Gasteiger partial charge in [-0.15, -0.1) is 0 Å². The summed E-state index contributed by atoms with van der Waals surface area (Å²) in [6.07, 6.45) is -1.12. The lowest BCUT2D eigenvalue weighted by molar-refractivity contribution is -0.146. The van der Waals surface area contributed by atoms with Crippen LogP contribution in [-0.2, 0) is 9.53 Å². The molecular weight excluding hydrogens is 273 g/mol. The molecule has 1 rings (SSSR count). The van der Waals surface area contributed by atoms with Crippen molar-refractivity contribution in [1.29, 1.82) is 0 Å². The van der Waals surface area contributed by atoms with Crippen LogP contribution in [0, 0.1) is 0 Å². The zero-order chi connectivity index (χ0) is 16.6. The molecular formula is C16H28FNO3. The first kappa shape index (κ1) is 17.9. The van der Waals surface area contributed by atoms with Crippen molar-refractivity contribution >= 4 is 11.9 Å². The molecule has 0 saturated carbocycles. The highest BCUT2D eigenvalue weighted by Gasteiger charge is 2.57. The van der Waals surface area contributed by atoms with E-state index in [1.54, 1.807) is 41.5 Å². The molecule has 1 aliphatic heterocycles. The van der Waals surface area contributed by atoms with Crippen molar-refractivity contribution < 1.29 is 18.7 Å². The Hall–Kier alpha value is -1.13. The monoisotopic (exact) mass is 301 g/mol. The third kappa shape index (κ3) is 3.55. The molecule has 0 aromatic carbocycles. The molecule has 1 heterocycles. The van der Waals surface area contributed by atoms with Gasteiger partial charge in [0.1, 0.15) is 5.60 Å². The Labute approximate surface area is 127 Å². The van der Waals surface area contributed by atoms with Gasteiger partial charge >= 0.3 is 6.09 Å². The minimum atomic E-state index is -1.67. The Morgan fingerprint density at radius 3 is 2.33 bits per heavy atom. The molecule has 21 heavy (non-hydrogen) atoms. The standard InChI is InChI=1S/C16H28FNO3/c1-8-9-16(7)12(17)11(19)10-15(5,6)18(16)13(20)21-14(2,3)4/h12H,8-10H2,1-7H3/t12-,16+/m1/s1. The molecule has 122 valence electrons. The lowest BCUT2D eigenvalue weighted by Crippen LogP contribution is -2.70. The first-order chi connectivity index (χ1) is 9.35. The molecule has 1 fully saturated rings. The van der Waals surface area contributed by atoms with E-state index in [1.165, 1.54) is 4.90 Å². The zero-order valence-electron chi connectivity index (χ0n) is 14.2. The van der Waals surface area contributed by atoms with Gasteiger partial charge in [0.2, 0.25) is 0 Å². The number of nitrogens with zero attached hydrogens (tertiary/aromatic N) is 1. The summed E-state index contributed by atoms with van der Waals surface area (Å²) in [7, 11) is 0. The van der Waals surface area contributed by atoms with Crippen molar-refractivity contribution in [2.24, 2.45) is 0 Å². The summed E-state index contributed by atoms with van der Waals surface area (Å²) in [6.45, 7) is 12.5. The molecule has 2 atom stereocenters. The molecule has 1 aliphatic rings. The van der Waals surface area contributed by atoms with E-state index in [0.29, 0.717) is 12.8 Å². The van der Waals surface area contributed by atoms with Gasteiger partial charge in [-0.3, -0.25) is 9.69 Å². The maximum atomic E-state index is 14.6. The molecule has 0 unspecified atom stereocenters. The fourth-order valence-corrected chi connectivity index (χ4v) is 3.25. The quantitative estimate of drug-likeness (QED) is 0.777. The van der Waals surface area contributed by atoms with Gasteiger partial charge in [-0.1, -0.05) is 13.3 Å². The van der Waals surface area contributed by atoms with Crippen LogP contribution in [0.3, 0.4) is 0 Å². The predicted molar refractivity (Wildman–Crippen MR) is 80.0 cm³/mol. The number of rotatable bonds is 2. The van der Waals surface area contributed by atoms with E-state index in [4.69, 9.17) is 4.74 Å². The Kier molecular flexibility index (Phi) is 4.76. The van der Waals surface area contributed by atoms with Gasteiger partial charge in [0, 0.05) is 12.0 Å². The molecule has 0 bridgehead atoms. The predicted octanol–water partition coefficient (Wildman–Crippen LogP) is 3.87. The minimum absolute atomic E-state index is 0.00666. The first-order valence-electron chi connectivity index (χ1n) is 7.55. The van der Waals surface area contributed by atoms with Crippen LogP contribution in [0.4, 0.5) is 9.18 Å². The van der Waals surface area contributed by atoms with E-state index in [9.17, 15) is 14.0 Å². The van der Waals surface area contributed by atoms with Gasteiger partial charge in [0.25, 0.3) is 0 Å². The Morgan fingerprint density at radius 2 is 1.90 bits per heavy atom. The fourth-order valence-electron chi connectivity index (χ4n) is 3.25. The van der Waals surface area contributed by atoms with Crippen LogP contribution in [0.25, 0.3) is 0 Å². The number of halogens is 1. The average Bonchev–Trinajstić information content (AvgIpc) is 2.22. The summed E-state index contributed by atoms with van der Waals surface area (Å²) in [5.74, 6) is -0.434. The maximum absolute atomic E-state index is 14.6. The van der Waals surface area contributed by atoms with E-state index in [2.05, 4.69) is 0 Å². The summed E-state index contributed by atoms with van der Waals surface area (Å²) in [6, 6.07) is 0. The number of hydrogen-bond acceptors (Lipinski definition) is 3. The molecule has 0 aromatic rings. The molecule has 0 aliphatic carbocycles. The van der Waals surface area contributed by atoms with E-state index in [0.717, 1.165) is 0 Å². The van der Waals surface area contributed by atoms with Crippen LogP contribution in [0.2, 0.25) is 0 Å². The minimum Gasteiger partial charge on any atom is -0.444 e. The summed E-state index contributed by atoms with van der Waals surface area (Å²) >= 11 is 0. The smallest absolute Gasteiger partial charge is 0.411 e. The zero-order valence-corrected chi connectivity index (χ0v) is 14.2. The van der Waals surface area contributed by atoms with Gasteiger partial charge < -0.3 is 4.74 Å². The van der Waals surface area contributed by atoms with E-state index in [1.807, 2.05) is 6.92 Å². The van der Waals surface area contributed by atoms with E-state index >= 15 is 0 Å². The van der Waals surface area contributed by atoms with Crippen LogP contribution in [0.15, 0.2) is 0 Å². The van der Waals surface area contributed by atoms with Crippen LogP contribution in [0.5, 0.6) is 0 Å². The van der Waals surface area contributed by atoms with E-state index < -0.39 is 34.7 Å². The highest BCUT2D eigenvalue weighted by atomic mass is 19.1. The fraction of sp³-hybridized carbons (Fsp3) is 0.875. The average molecular weight is 301 g/mol. The third-order valence-electron chi connectivity index (χ3n) is 3.88. The normalized spacial score (nSPS) is 29.4. The highest BCUT2D eigenvalue weighted by Crippen LogP contribution is 2.42. The second-order valence-corrected chi connectivity index (χ2v) is 7.74. The molecule has 1 amide bonds. The van der Waals surface area contributed by atoms with E-state index in [-0.39, 0.29) is 6.42 Å². The summed E-state index contributed by atoms with van der Waals surface area (Å²) in [5, 5.41) is 0. The van der Waals surface area contributed by atoms with Gasteiger partial charge in [-0.2, -0.15) is 0 Å². The van der Waals surface area contributed by atoms with Gasteiger partial charge in [-0.05, 0) is 48.0 Å². The van der Waals surface area contributed by atoms with Crippen LogP contribution in [0.1, 0.15) is 67.7 Å². The Morgan fingerprint density at radius 1 is 1.38 bits per heavy atom. The molecule has 1 saturated heterocycles. The molecule has 0 radical (unpaired) electrons. The SMILES string of the molecule is CCC[C@@]1(C)[C@H](F)C(=O)CC(C)(C)N1C(=O)OC(C)(C)C. The second kappa shape index (κ2) is 5.58. The van der Waals surface area contributed by atoms with Crippen molar-refractivity contribution in [2.45, 2.75) is 90.6 Å². The Balaban J connectivity index is 3.25. The lowest BCUT2D eigenvalue weighted by atomic mass is 9.75. The number of Topliss-reactive ketones (excluding diaryl/α,β-unsaturated/α-hetero) is 1. The topological polar surface area (TPSA) is 46.6 Å². The molecule has 0 spiro atoms. The van der Waals surface area contributed by atoms with Crippen LogP contribution >= 0.6 is 0 Å². The van der Waals surface area contributed by atoms with Crippen molar-refractivity contribution in [3.05, 3.63) is 0 Å². The molecule has 5 heteroatoms. The number of piperidine rings is 1. The third-order valence-corrected chi connectivity index (χ3v) is 3.88. The number of amides is 1. The summed E-state index contributed by atoms with van der Waals surface area (Å²) in [4.78, 5) is 26.0. The maximum Gasteiger partial charge on any atom is 0.411 e. The number of hydrogen-bond donors (Lipinski definition) is 0. The Bertz CT molecular complexity index is 428. The number of alkyl halides is 1. The van der Waals surface area contributed by atoms with Gasteiger partial charge in [0.05, 0.1) is 5.54 Å². The van der Waals surface area contributed by atoms with Gasteiger partial charge in [-0.25, -0.2) is 9.18 Å². The van der Waals surface area contributed by atoms with Crippen molar-refractivity contribution in [3.8, 4) is 0 Å². The largest absolute Gasteiger partial charge is 0.444 e. The molecule has 4 nitrogen and oxygen atoms in total. The highest BCUT2D eigenvalue weighted by molar-refractivity contribution is 5.89. The second-order valence-electron chi connectivity index (χ2n) is 7.74. The van der Waals surface area contributed by atoms with Crippen LogP contribution in [-0.4, -0.2) is 39.6 Å².